The second-order valence-corrected chi connectivity index (χ2v) is 2.78. The fourth-order valence-electron chi connectivity index (χ4n) is 1.21. The van der Waals surface area contributed by atoms with Crippen molar-refractivity contribution in [3.05, 3.63) is 35.7 Å². The molecule has 0 amide bonds. The molecule has 0 atom stereocenters. The number of hydrogen-bond acceptors (Lipinski definition) is 3. The monoisotopic (exact) mass is 196 g/mol. The number of halogens is 2. The Hall–Kier alpha value is -1.78. The van der Waals surface area contributed by atoms with Gasteiger partial charge in [0.1, 0.15) is 11.6 Å². The minimum absolute atomic E-state index is 0.0405. The summed E-state index contributed by atoms with van der Waals surface area (Å²) in [7, 11) is 0. The molecular weight excluding hydrogens is 190 g/mol. The van der Waals surface area contributed by atoms with Crippen LogP contribution in [0.4, 0.5) is 8.78 Å². The lowest BCUT2D eigenvalue weighted by molar-refractivity contribution is 0.418. The molecule has 0 aliphatic carbocycles. The van der Waals surface area contributed by atoms with E-state index in [4.69, 9.17) is 0 Å². The minimum atomic E-state index is -0.565. The first-order valence-corrected chi connectivity index (χ1v) is 3.91. The van der Waals surface area contributed by atoms with Gasteiger partial charge in [-0.15, -0.1) is 0 Å². The Morgan fingerprint density at radius 3 is 2.57 bits per heavy atom. The van der Waals surface area contributed by atoms with Crippen molar-refractivity contribution < 1.29 is 13.3 Å². The molecule has 2 aromatic rings. The molecular formula is C9H6F2N2O. The molecule has 1 aromatic carbocycles. The van der Waals surface area contributed by atoms with Gasteiger partial charge >= 0.3 is 0 Å². The molecule has 1 heterocycles. The van der Waals surface area contributed by atoms with E-state index in [1.54, 1.807) is 0 Å². The second-order valence-electron chi connectivity index (χ2n) is 2.78. The normalized spacial score (nSPS) is 10.5. The van der Waals surface area contributed by atoms with Gasteiger partial charge in [0.2, 0.25) is 12.2 Å². The fourth-order valence-corrected chi connectivity index (χ4v) is 1.21. The van der Waals surface area contributed by atoms with Crippen LogP contribution in [0.1, 0.15) is 5.56 Å². The molecule has 0 N–H and O–H groups in total. The molecule has 0 aliphatic rings. The zero-order valence-electron chi connectivity index (χ0n) is 7.29. The lowest BCUT2D eigenvalue weighted by Gasteiger charge is -2.03. The van der Waals surface area contributed by atoms with E-state index in [0.717, 1.165) is 18.5 Å². The molecule has 0 unspecified atom stereocenters. The third-order valence-electron chi connectivity index (χ3n) is 1.93. The largest absolute Gasteiger partial charge is 0.342 e. The molecule has 14 heavy (non-hydrogen) atoms. The third-order valence-corrected chi connectivity index (χ3v) is 1.93. The first kappa shape index (κ1) is 8.80. The van der Waals surface area contributed by atoms with Crippen LogP contribution >= 0.6 is 0 Å². The second kappa shape index (κ2) is 3.17. The van der Waals surface area contributed by atoms with Crippen LogP contribution in [0, 0.1) is 18.6 Å². The summed E-state index contributed by atoms with van der Waals surface area (Å²) in [5.41, 5.74) is 0.213. The van der Waals surface area contributed by atoms with Crippen molar-refractivity contribution in [1.29, 1.82) is 0 Å². The quantitative estimate of drug-likeness (QED) is 0.702. The maximum atomic E-state index is 13.3. The Kier molecular flexibility index (Phi) is 1.99. The molecule has 0 spiro atoms. The van der Waals surface area contributed by atoms with Gasteiger partial charge in [-0.3, -0.25) is 0 Å². The molecule has 2 rings (SSSR count). The van der Waals surface area contributed by atoms with Crippen LogP contribution in [0.3, 0.4) is 0 Å². The summed E-state index contributed by atoms with van der Waals surface area (Å²) in [6, 6.07) is 2.10. The van der Waals surface area contributed by atoms with E-state index in [1.165, 1.54) is 6.92 Å². The fraction of sp³-hybridized carbons (Fsp3) is 0.111. The van der Waals surface area contributed by atoms with Gasteiger partial charge in [0.25, 0.3) is 0 Å². The van der Waals surface area contributed by atoms with E-state index in [2.05, 4.69) is 14.7 Å². The molecule has 0 fully saturated rings. The predicted octanol–water partition coefficient (Wildman–Crippen LogP) is 2.32. The third kappa shape index (κ3) is 1.26. The Labute approximate surface area is 78.4 Å². The van der Waals surface area contributed by atoms with E-state index in [1.807, 2.05) is 0 Å². The van der Waals surface area contributed by atoms with Crippen molar-refractivity contribution in [3.8, 4) is 11.4 Å². The average molecular weight is 196 g/mol. The molecule has 3 nitrogen and oxygen atoms in total. The lowest BCUT2D eigenvalue weighted by atomic mass is 10.1. The highest BCUT2D eigenvalue weighted by Gasteiger charge is 2.15. The zero-order valence-corrected chi connectivity index (χ0v) is 7.29. The van der Waals surface area contributed by atoms with Gasteiger partial charge < -0.3 is 4.52 Å². The highest BCUT2D eigenvalue weighted by molar-refractivity contribution is 5.60. The van der Waals surface area contributed by atoms with Gasteiger partial charge in [0.15, 0.2) is 0 Å². The van der Waals surface area contributed by atoms with E-state index in [9.17, 15) is 8.78 Å². The van der Waals surface area contributed by atoms with E-state index in [-0.39, 0.29) is 17.0 Å². The first-order chi connectivity index (χ1) is 6.70. The Morgan fingerprint density at radius 1 is 1.21 bits per heavy atom. The van der Waals surface area contributed by atoms with Crippen LogP contribution in [0.2, 0.25) is 0 Å². The van der Waals surface area contributed by atoms with Gasteiger partial charge in [0.05, 0.1) is 5.56 Å². The van der Waals surface area contributed by atoms with Gasteiger partial charge in [-0.2, -0.15) is 4.98 Å². The maximum Gasteiger partial charge on any atom is 0.214 e. The predicted molar refractivity (Wildman–Crippen MR) is 44.4 cm³/mol. The summed E-state index contributed by atoms with van der Waals surface area (Å²) in [6.45, 7) is 1.46. The molecule has 5 heteroatoms. The topological polar surface area (TPSA) is 38.9 Å². The molecule has 0 saturated heterocycles. The van der Waals surface area contributed by atoms with Crippen LogP contribution in [0.25, 0.3) is 11.4 Å². The smallest absolute Gasteiger partial charge is 0.214 e. The van der Waals surface area contributed by atoms with Crippen LogP contribution in [0.5, 0.6) is 0 Å². The summed E-state index contributed by atoms with van der Waals surface area (Å²) >= 11 is 0. The highest BCUT2D eigenvalue weighted by atomic mass is 19.1. The molecule has 72 valence electrons. The van der Waals surface area contributed by atoms with Gasteiger partial charge in [-0.1, -0.05) is 5.16 Å². The lowest BCUT2D eigenvalue weighted by Crippen LogP contribution is -1.94. The molecule has 0 radical (unpaired) electrons. The molecule has 0 saturated carbocycles. The van der Waals surface area contributed by atoms with Gasteiger partial charge in [-0.25, -0.2) is 8.78 Å². The number of hydrogen-bond donors (Lipinski definition) is 0. The Balaban J connectivity index is 2.69. The van der Waals surface area contributed by atoms with Crippen molar-refractivity contribution in [2.24, 2.45) is 0 Å². The number of rotatable bonds is 1. The first-order valence-electron chi connectivity index (χ1n) is 3.91. The molecule has 0 bridgehead atoms. The van der Waals surface area contributed by atoms with E-state index >= 15 is 0 Å². The summed E-state index contributed by atoms with van der Waals surface area (Å²) < 4.78 is 30.9. The maximum absolute atomic E-state index is 13.3. The standard InChI is InChI=1S/C9H6F2N2O/c1-5-6(10)2-3-7(11)8(5)9-12-4-14-13-9/h2-4H,1H3. The van der Waals surface area contributed by atoms with Crippen LogP contribution < -0.4 is 0 Å². The summed E-state index contributed by atoms with van der Waals surface area (Å²) in [4.78, 5) is 3.66. The van der Waals surface area contributed by atoms with Crippen molar-refractivity contribution in [1.82, 2.24) is 10.1 Å². The summed E-state index contributed by atoms with van der Waals surface area (Å²) in [5.74, 6) is -1.00. The Bertz CT molecular complexity index is 454. The highest BCUT2D eigenvalue weighted by Crippen LogP contribution is 2.24. The number of aromatic nitrogens is 2. The zero-order chi connectivity index (χ0) is 10.1. The van der Waals surface area contributed by atoms with Crippen LogP contribution in [0.15, 0.2) is 23.0 Å². The minimum Gasteiger partial charge on any atom is -0.342 e. The van der Waals surface area contributed by atoms with E-state index < -0.39 is 11.6 Å². The number of nitrogens with zero attached hydrogens (tertiary/aromatic N) is 2. The average Bonchev–Trinajstić information content (AvgIpc) is 2.65. The SMILES string of the molecule is Cc1c(F)ccc(F)c1-c1ncon1. The molecule has 0 aliphatic heterocycles. The summed E-state index contributed by atoms with van der Waals surface area (Å²) in [6.07, 6.45) is 1.07. The van der Waals surface area contributed by atoms with Crippen LogP contribution in [-0.4, -0.2) is 10.1 Å². The van der Waals surface area contributed by atoms with Crippen LogP contribution in [-0.2, 0) is 0 Å². The summed E-state index contributed by atoms with van der Waals surface area (Å²) in [5, 5.41) is 3.46. The van der Waals surface area contributed by atoms with Crippen molar-refractivity contribution in [3.63, 3.8) is 0 Å². The Morgan fingerprint density at radius 2 is 1.93 bits per heavy atom. The van der Waals surface area contributed by atoms with E-state index in [0.29, 0.717) is 0 Å². The van der Waals surface area contributed by atoms with Crippen molar-refractivity contribution in [2.45, 2.75) is 6.92 Å². The molecule has 1 aromatic heterocycles. The van der Waals surface area contributed by atoms with Crippen molar-refractivity contribution in [2.75, 3.05) is 0 Å². The van der Waals surface area contributed by atoms with Crippen molar-refractivity contribution >= 4 is 0 Å². The van der Waals surface area contributed by atoms with Gasteiger partial charge in [-0.05, 0) is 24.6 Å². The number of benzene rings is 1. The van der Waals surface area contributed by atoms with Gasteiger partial charge in [0, 0.05) is 0 Å².